The molecule has 0 atom stereocenters. The maximum Gasteiger partial charge on any atom is 0.0587 e. The summed E-state index contributed by atoms with van der Waals surface area (Å²) in [7, 11) is 1.74. The number of hydrogen-bond acceptors (Lipinski definition) is 2. The molecule has 0 saturated carbocycles. The predicted molar refractivity (Wildman–Crippen MR) is 82.8 cm³/mol. The molecule has 0 aliphatic carbocycles. The highest BCUT2D eigenvalue weighted by Gasteiger charge is 2.17. The zero-order valence-corrected chi connectivity index (χ0v) is 13.2. The van der Waals surface area contributed by atoms with E-state index >= 15 is 0 Å². The first-order valence-corrected chi connectivity index (χ1v) is 7.20. The lowest BCUT2D eigenvalue weighted by atomic mass is 9.86. The average Bonchev–Trinajstić information content (AvgIpc) is 2.36. The summed E-state index contributed by atoms with van der Waals surface area (Å²) >= 11 is 0. The van der Waals surface area contributed by atoms with E-state index in [2.05, 4.69) is 51.2 Å². The van der Waals surface area contributed by atoms with Crippen molar-refractivity contribution in [3.05, 3.63) is 34.9 Å². The van der Waals surface area contributed by atoms with Crippen molar-refractivity contribution >= 4 is 0 Å². The molecule has 1 N–H and O–H groups in total. The quantitative estimate of drug-likeness (QED) is 0.725. The van der Waals surface area contributed by atoms with E-state index in [0.29, 0.717) is 5.41 Å². The smallest absolute Gasteiger partial charge is 0.0587 e. The van der Waals surface area contributed by atoms with Gasteiger partial charge in [-0.25, -0.2) is 0 Å². The van der Waals surface area contributed by atoms with E-state index in [1.54, 1.807) is 7.11 Å². The highest BCUT2D eigenvalue weighted by molar-refractivity contribution is 5.30. The van der Waals surface area contributed by atoms with Gasteiger partial charge in [0.1, 0.15) is 0 Å². The minimum absolute atomic E-state index is 0.326. The molecule has 0 aliphatic heterocycles. The average molecular weight is 263 g/mol. The largest absolute Gasteiger partial charge is 0.383 e. The number of methoxy groups -OCH3 is 1. The first-order valence-electron chi connectivity index (χ1n) is 7.20. The zero-order chi connectivity index (χ0) is 14.3. The molecular formula is C17H29NO. The van der Waals surface area contributed by atoms with Crippen molar-refractivity contribution in [3.63, 3.8) is 0 Å². The normalized spacial score (nSPS) is 11.8. The van der Waals surface area contributed by atoms with Gasteiger partial charge in [-0.3, -0.25) is 0 Å². The molecule has 0 amide bonds. The molecule has 0 aliphatic rings. The van der Waals surface area contributed by atoms with Crippen LogP contribution in [-0.2, 0) is 11.2 Å². The molecule has 19 heavy (non-hydrogen) atoms. The molecule has 0 saturated heterocycles. The van der Waals surface area contributed by atoms with Crippen molar-refractivity contribution < 1.29 is 4.74 Å². The number of rotatable bonds is 8. The van der Waals surface area contributed by atoms with E-state index in [4.69, 9.17) is 4.74 Å². The van der Waals surface area contributed by atoms with Crippen LogP contribution in [0.3, 0.4) is 0 Å². The van der Waals surface area contributed by atoms with Crippen molar-refractivity contribution in [2.24, 2.45) is 5.41 Å². The number of nitrogens with one attached hydrogen (secondary N) is 1. The molecule has 0 spiro atoms. The number of aryl methyl sites for hydroxylation is 3. The van der Waals surface area contributed by atoms with E-state index in [-0.39, 0.29) is 0 Å². The SMILES string of the molecule is COCCNCC(C)(C)CCc1ccc(C)c(C)c1. The van der Waals surface area contributed by atoms with Gasteiger partial charge in [0, 0.05) is 20.2 Å². The van der Waals surface area contributed by atoms with Gasteiger partial charge in [0.2, 0.25) is 0 Å². The van der Waals surface area contributed by atoms with Gasteiger partial charge < -0.3 is 10.1 Å². The van der Waals surface area contributed by atoms with Crippen LogP contribution < -0.4 is 5.32 Å². The topological polar surface area (TPSA) is 21.3 Å². The van der Waals surface area contributed by atoms with Crippen LogP contribution in [0.4, 0.5) is 0 Å². The van der Waals surface area contributed by atoms with Gasteiger partial charge in [-0.1, -0.05) is 32.0 Å². The van der Waals surface area contributed by atoms with Crippen molar-refractivity contribution in [2.75, 3.05) is 26.8 Å². The van der Waals surface area contributed by atoms with Crippen molar-refractivity contribution in [1.29, 1.82) is 0 Å². The highest BCUT2D eigenvalue weighted by atomic mass is 16.5. The van der Waals surface area contributed by atoms with Crippen molar-refractivity contribution in [3.8, 4) is 0 Å². The summed E-state index contributed by atoms with van der Waals surface area (Å²) in [6.07, 6.45) is 2.36. The lowest BCUT2D eigenvalue weighted by molar-refractivity contribution is 0.193. The summed E-state index contributed by atoms with van der Waals surface area (Å²) in [6.45, 7) is 11.8. The van der Waals surface area contributed by atoms with E-state index in [1.807, 2.05) is 0 Å². The fourth-order valence-electron chi connectivity index (χ4n) is 2.13. The fraction of sp³-hybridized carbons (Fsp3) is 0.647. The maximum atomic E-state index is 5.05. The second kappa shape index (κ2) is 7.66. The number of benzene rings is 1. The molecule has 0 heterocycles. The van der Waals surface area contributed by atoms with Crippen LogP contribution in [0.15, 0.2) is 18.2 Å². The van der Waals surface area contributed by atoms with Crippen LogP contribution in [0.1, 0.15) is 37.0 Å². The molecule has 108 valence electrons. The molecule has 2 heteroatoms. The maximum absolute atomic E-state index is 5.05. The van der Waals surface area contributed by atoms with Gasteiger partial charge in [-0.05, 0) is 48.8 Å². The second-order valence-electron chi connectivity index (χ2n) is 6.25. The lowest BCUT2D eigenvalue weighted by Gasteiger charge is -2.25. The molecule has 0 radical (unpaired) electrons. The number of hydrogen-bond donors (Lipinski definition) is 1. The third kappa shape index (κ3) is 6.22. The third-order valence-corrected chi connectivity index (χ3v) is 3.75. The summed E-state index contributed by atoms with van der Waals surface area (Å²) < 4.78 is 5.05. The summed E-state index contributed by atoms with van der Waals surface area (Å²) in [5.74, 6) is 0. The first kappa shape index (κ1) is 16.2. The van der Waals surface area contributed by atoms with E-state index in [9.17, 15) is 0 Å². The Morgan fingerprint density at radius 1 is 1.16 bits per heavy atom. The molecule has 2 nitrogen and oxygen atoms in total. The molecular weight excluding hydrogens is 234 g/mol. The van der Waals surface area contributed by atoms with E-state index in [1.165, 1.54) is 23.1 Å². The Morgan fingerprint density at radius 2 is 1.89 bits per heavy atom. The van der Waals surface area contributed by atoms with Crippen LogP contribution in [0.5, 0.6) is 0 Å². The second-order valence-corrected chi connectivity index (χ2v) is 6.25. The molecule has 0 unspecified atom stereocenters. The van der Waals surface area contributed by atoms with Crippen LogP contribution >= 0.6 is 0 Å². The van der Waals surface area contributed by atoms with Gasteiger partial charge in [-0.15, -0.1) is 0 Å². The van der Waals surface area contributed by atoms with Gasteiger partial charge in [0.05, 0.1) is 6.61 Å². The van der Waals surface area contributed by atoms with Gasteiger partial charge in [0.25, 0.3) is 0 Å². The molecule has 1 aromatic carbocycles. The van der Waals surface area contributed by atoms with E-state index < -0.39 is 0 Å². The minimum Gasteiger partial charge on any atom is -0.383 e. The third-order valence-electron chi connectivity index (χ3n) is 3.75. The standard InChI is InChI=1S/C17H29NO/c1-14-6-7-16(12-15(14)2)8-9-17(3,4)13-18-10-11-19-5/h6-7,12,18H,8-11,13H2,1-5H3. The Bertz CT molecular complexity index is 385. The Kier molecular flexibility index (Phi) is 6.53. The van der Waals surface area contributed by atoms with Crippen LogP contribution in [0.2, 0.25) is 0 Å². The Labute approximate surface area is 118 Å². The Morgan fingerprint density at radius 3 is 2.53 bits per heavy atom. The molecule has 0 fully saturated rings. The summed E-state index contributed by atoms with van der Waals surface area (Å²) in [4.78, 5) is 0. The highest BCUT2D eigenvalue weighted by Crippen LogP contribution is 2.22. The fourth-order valence-corrected chi connectivity index (χ4v) is 2.13. The summed E-state index contributed by atoms with van der Waals surface area (Å²) in [5.41, 5.74) is 4.55. The first-order chi connectivity index (χ1) is 8.94. The lowest BCUT2D eigenvalue weighted by Crippen LogP contribution is -2.31. The van der Waals surface area contributed by atoms with Gasteiger partial charge in [0.15, 0.2) is 0 Å². The minimum atomic E-state index is 0.326. The van der Waals surface area contributed by atoms with Crippen LogP contribution in [0, 0.1) is 19.3 Å². The van der Waals surface area contributed by atoms with Crippen LogP contribution in [0.25, 0.3) is 0 Å². The van der Waals surface area contributed by atoms with Crippen LogP contribution in [-0.4, -0.2) is 26.8 Å². The molecule has 1 aromatic rings. The Balaban J connectivity index is 2.39. The molecule has 1 rings (SSSR count). The van der Waals surface area contributed by atoms with Gasteiger partial charge in [-0.2, -0.15) is 0 Å². The Hall–Kier alpha value is -0.860. The zero-order valence-electron chi connectivity index (χ0n) is 13.2. The summed E-state index contributed by atoms with van der Waals surface area (Å²) in [6, 6.07) is 6.81. The van der Waals surface area contributed by atoms with E-state index in [0.717, 1.165) is 26.1 Å². The van der Waals surface area contributed by atoms with Gasteiger partial charge >= 0.3 is 0 Å². The molecule has 0 bridgehead atoms. The summed E-state index contributed by atoms with van der Waals surface area (Å²) in [5, 5.41) is 3.46. The number of ether oxygens (including phenoxy) is 1. The predicted octanol–water partition coefficient (Wildman–Crippen LogP) is 3.50. The van der Waals surface area contributed by atoms with Crippen molar-refractivity contribution in [1.82, 2.24) is 5.32 Å². The van der Waals surface area contributed by atoms with Crippen molar-refractivity contribution in [2.45, 2.75) is 40.5 Å². The monoisotopic (exact) mass is 263 g/mol. The molecule has 0 aromatic heterocycles.